The fraction of sp³-hybridized carbons (Fsp3) is 0.185. The summed E-state index contributed by atoms with van der Waals surface area (Å²) in [5.74, 6) is 0.0136. The maximum Gasteiger partial charge on any atom is 0.282 e. The monoisotopic (exact) mass is 550 g/mol. The number of benzene rings is 3. The third-order valence-corrected chi connectivity index (χ3v) is 5.82. The first-order valence-electron chi connectivity index (χ1n) is 11.5. The minimum Gasteiger partial charge on any atom is -0.484 e. The summed E-state index contributed by atoms with van der Waals surface area (Å²) < 4.78 is 21.4. The van der Waals surface area contributed by atoms with Crippen molar-refractivity contribution in [2.75, 3.05) is 11.9 Å². The van der Waals surface area contributed by atoms with Crippen LogP contribution < -0.4 is 15.6 Å². The number of nitrogens with one attached hydrogen (secondary N) is 1. The Labute approximate surface area is 215 Å². The number of anilines is 1. The molecule has 1 N–H and O–H groups in total. The Morgan fingerprint density at radius 1 is 1.17 bits per heavy atom. The number of rotatable bonds is 9. The number of carbonyl (C=O) groups excluding carboxylic acids is 1. The number of para-hydroxylation sites is 1. The minimum absolute atomic E-state index is 0.0901. The van der Waals surface area contributed by atoms with E-state index in [0.717, 1.165) is 17.3 Å². The SMILES string of the molecule is CCCCc1nc2ccc(Br)cc2c(=O)n1N=Cc1cccc(OCC(=O)Nc2ccccc2F)c1. The Kier molecular flexibility index (Phi) is 8.22. The molecule has 1 heterocycles. The zero-order valence-electron chi connectivity index (χ0n) is 19.6. The van der Waals surface area contributed by atoms with Gasteiger partial charge in [0.2, 0.25) is 0 Å². The van der Waals surface area contributed by atoms with Gasteiger partial charge in [0, 0.05) is 10.9 Å². The van der Waals surface area contributed by atoms with Gasteiger partial charge in [-0.15, -0.1) is 0 Å². The zero-order valence-corrected chi connectivity index (χ0v) is 21.2. The zero-order chi connectivity index (χ0) is 25.5. The van der Waals surface area contributed by atoms with E-state index in [1.165, 1.54) is 16.8 Å². The molecular formula is C27H24BrFN4O3. The van der Waals surface area contributed by atoms with Crippen LogP contribution in [0.25, 0.3) is 10.9 Å². The van der Waals surface area contributed by atoms with E-state index in [1.807, 2.05) is 12.1 Å². The van der Waals surface area contributed by atoms with Crippen LogP contribution in [0.15, 0.2) is 81.1 Å². The van der Waals surface area contributed by atoms with Gasteiger partial charge in [-0.1, -0.05) is 53.5 Å². The lowest BCUT2D eigenvalue weighted by atomic mass is 10.2. The number of hydrogen-bond donors (Lipinski definition) is 1. The fourth-order valence-corrected chi connectivity index (χ4v) is 3.88. The molecule has 3 aromatic carbocycles. The third-order valence-electron chi connectivity index (χ3n) is 5.33. The maximum absolute atomic E-state index is 13.7. The summed E-state index contributed by atoms with van der Waals surface area (Å²) >= 11 is 3.41. The molecule has 0 atom stereocenters. The Morgan fingerprint density at radius 3 is 2.81 bits per heavy atom. The van der Waals surface area contributed by atoms with E-state index in [0.29, 0.717) is 34.5 Å². The number of halogens is 2. The highest BCUT2D eigenvalue weighted by atomic mass is 79.9. The van der Waals surface area contributed by atoms with Gasteiger partial charge in [0.05, 0.1) is 22.8 Å². The first-order chi connectivity index (χ1) is 17.4. The molecule has 0 fully saturated rings. The smallest absolute Gasteiger partial charge is 0.282 e. The molecule has 1 amide bonds. The Balaban J connectivity index is 1.52. The van der Waals surface area contributed by atoms with Gasteiger partial charge in [-0.3, -0.25) is 9.59 Å². The van der Waals surface area contributed by atoms with Crippen LogP contribution in [0.1, 0.15) is 31.2 Å². The van der Waals surface area contributed by atoms with Crippen molar-refractivity contribution in [3.05, 3.63) is 98.8 Å². The second-order valence-electron chi connectivity index (χ2n) is 8.04. The van der Waals surface area contributed by atoms with Gasteiger partial charge in [0.15, 0.2) is 6.61 Å². The highest BCUT2D eigenvalue weighted by Gasteiger charge is 2.11. The van der Waals surface area contributed by atoms with Crippen molar-refractivity contribution in [3.8, 4) is 5.75 Å². The topological polar surface area (TPSA) is 85.6 Å². The van der Waals surface area contributed by atoms with Crippen molar-refractivity contribution in [1.82, 2.24) is 9.66 Å². The van der Waals surface area contributed by atoms with E-state index in [2.05, 4.69) is 38.3 Å². The van der Waals surface area contributed by atoms with Gasteiger partial charge >= 0.3 is 0 Å². The number of nitrogens with zero attached hydrogens (tertiary/aromatic N) is 3. The molecule has 36 heavy (non-hydrogen) atoms. The molecule has 4 rings (SSSR count). The van der Waals surface area contributed by atoms with E-state index in [9.17, 15) is 14.0 Å². The lowest BCUT2D eigenvalue weighted by Gasteiger charge is -2.10. The Morgan fingerprint density at radius 2 is 2.00 bits per heavy atom. The van der Waals surface area contributed by atoms with Gasteiger partial charge in [0.1, 0.15) is 17.4 Å². The van der Waals surface area contributed by atoms with Crippen molar-refractivity contribution < 1.29 is 13.9 Å². The normalized spacial score (nSPS) is 11.2. The van der Waals surface area contributed by atoms with Crippen LogP contribution in [-0.4, -0.2) is 28.4 Å². The number of carbonyl (C=O) groups is 1. The predicted molar refractivity (Wildman–Crippen MR) is 142 cm³/mol. The highest BCUT2D eigenvalue weighted by molar-refractivity contribution is 9.10. The number of aromatic nitrogens is 2. The number of ether oxygens (including phenoxy) is 1. The van der Waals surface area contributed by atoms with Crippen molar-refractivity contribution in [2.45, 2.75) is 26.2 Å². The summed E-state index contributed by atoms with van der Waals surface area (Å²) in [5, 5.41) is 7.38. The number of fused-ring (bicyclic) bond motifs is 1. The van der Waals surface area contributed by atoms with Crippen LogP contribution in [0, 0.1) is 5.82 Å². The molecule has 0 saturated carbocycles. The van der Waals surface area contributed by atoms with Gasteiger partial charge in [-0.2, -0.15) is 9.78 Å². The van der Waals surface area contributed by atoms with Gasteiger partial charge in [-0.05, 0) is 54.4 Å². The Hall–Kier alpha value is -3.85. The number of hydrogen-bond acceptors (Lipinski definition) is 5. The molecule has 0 aliphatic heterocycles. The summed E-state index contributed by atoms with van der Waals surface area (Å²) in [7, 11) is 0. The summed E-state index contributed by atoms with van der Waals surface area (Å²) in [6.45, 7) is 1.78. The van der Waals surface area contributed by atoms with Crippen LogP contribution in [0.5, 0.6) is 5.75 Å². The molecule has 0 spiro atoms. The summed E-state index contributed by atoms with van der Waals surface area (Å²) in [5.41, 5.74) is 1.14. The summed E-state index contributed by atoms with van der Waals surface area (Å²) in [6.07, 6.45) is 4.01. The average Bonchev–Trinajstić information content (AvgIpc) is 2.88. The molecule has 1 aromatic heterocycles. The summed E-state index contributed by atoms with van der Waals surface area (Å²) in [4.78, 5) is 30.0. The highest BCUT2D eigenvalue weighted by Crippen LogP contribution is 2.17. The minimum atomic E-state index is -0.520. The predicted octanol–water partition coefficient (Wildman–Crippen LogP) is 5.54. The molecule has 0 saturated heterocycles. The number of amides is 1. The molecule has 9 heteroatoms. The van der Waals surface area contributed by atoms with Crippen molar-refractivity contribution in [1.29, 1.82) is 0 Å². The van der Waals surface area contributed by atoms with Crippen LogP contribution in [-0.2, 0) is 11.2 Å². The van der Waals surface area contributed by atoms with E-state index in [1.54, 1.807) is 48.7 Å². The Bertz CT molecular complexity index is 1490. The largest absolute Gasteiger partial charge is 0.484 e. The number of unbranched alkanes of at least 4 members (excludes halogenated alkanes) is 1. The van der Waals surface area contributed by atoms with E-state index >= 15 is 0 Å². The molecule has 0 bridgehead atoms. The average molecular weight is 551 g/mol. The van der Waals surface area contributed by atoms with Crippen LogP contribution in [0.3, 0.4) is 0 Å². The fourth-order valence-electron chi connectivity index (χ4n) is 3.52. The quantitative estimate of drug-likeness (QED) is 0.277. The lowest BCUT2D eigenvalue weighted by Crippen LogP contribution is -2.22. The second kappa shape index (κ2) is 11.7. The van der Waals surface area contributed by atoms with Gasteiger partial charge < -0.3 is 10.1 Å². The van der Waals surface area contributed by atoms with Crippen LogP contribution in [0.2, 0.25) is 0 Å². The first kappa shape index (κ1) is 25.2. The third kappa shape index (κ3) is 6.23. The number of aryl methyl sites for hydroxylation is 1. The van der Waals surface area contributed by atoms with Crippen molar-refractivity contribution >= 4 is 44.6 Å². The van der Waals surface area contributed by atoms with Crippen molar-refractivity contribution in [3.63, 3.8) is 0 Å². The molecule has 0 aliphatic rings. The summed E-state index contributed by atoms with van der Waals surface area (Å²) in [6, 6.07) is 18.3. The van der Waals surface area contributed by atoms with E-state index in [4.69, 9.17) is 4.74 Å². The molecule has 0 aliphatic carbocycles. The van der Waals surface area contributed by atoms with Crippen LogP contribution in [0.4, 0.5) is 10.1 Å². The van der Waals surface area contributed by atoms with Crippen LogP contribution >= 0.6 is 15.9 Å². The van der Waals surface area contributed by atoms with Crippen molar-refractivity contribution in [2.24, 2.45) is 5.10 Å². The molecule has 4 aromatic rings. The maximum atomic E-state index is 13.7. The molecule has 0 unspecified atom stereocenters. The molecular weight excluding hydrogens is 527 g/mol. The molecule has 184 valence electrons. The molecule has 7 nitrogen and oxygen atoms in total. The van der Waals surface area contributed by atoms with Gasteiger partial charge in [0.25, 0.3) is 11.5 Å². The van der Waals surface area contributed by atoms with Gasteiger partial charge in [-0.25, -0.2) is 9.37 Å². The van der Waals surface area contributed by atoms with E-state index < -0.39 is 11.7 Å². The first-order valence-corrected chi connectivity index (χ1v) is 12.3. The molecule has 0 radical (unpaired) electrons. The lowest BCUT2D eigenvalue weighted by molar-refractivity contribution is -0.118. The van der Waals surface area contributed by atoms with E-state index in [-0.39, 0.29) is 17.9 Å². The second-order valence-corrected chi connectivity index (χ2v) is 8.96. The standard InChI is InChI=1S/C27H24BrFN4O3/c1-2-3-11-25-31-23-13-12-19(28)15-21(23)27(35)33(25)30-16-18-7-6-8-20(14-18)36-17-26(34)32-24-10-5-4-9-22(24)29/h4-10,12-16H,2-3,11,17H2,1H3,(H,32,34).